The van der Waals surface area contributed by atoms with E-state index in [0.717, 1.165) is 5.56 Å². The second kappa shape index (κ2) is 11.3. The molecule has 21 heavy (non-hydrogen) atoms. The highest BCUT2D eigenvalue weighted by Gasteiger charge is 2.13. The highest BCUT2D eigenvalue weighted by atomic mass is 16.6. The largest absolute Gasteiger partial charge is 0.464 e. The zero-order valence-corrected chi connectivity index (χ0v) is 12.7. The highest BCUT2D eigenvalue weighted by Crippen LogP contribution is 2.00. The van der Waals surface area contributed by atoms with Crippen molar-refractivity contribution in [2.24, 2.45) is 0 Å². The Hall–Kier alpha value is -1.43. The standard InChI is InChI=1S/C16H24O5/c1-3-20-16(17)14(2)21-12-11-18-9-10-19-13-15-7-5-4-6-8-15/h4-8,14H,3,9-13H2,1-2H3/t14-/m0/s1. The molecule has 5 heteroatoms. The number of benzene rings is 1. The van der Waals surface area contributed by atoms with Gasteiger partial charge < -0.3 is 18.9 Å². The lowest BCUT2D eigenvalue weighted by Crippen LogP contribution is -2.25. The van der Waals surface area contributed by atoms with Crippen molar-refractivity contribution in [3.63, 3.8) is 0 Å². The van der Waals surface area contributed by atoms with Gasteiger partial charge in [0.15, 0.2) is 6.10 Å². The predicted molar refractivity (Wildman–Crippen MR) is 79.0 cm³/mol. The Labute approximate surface area is 126 Å². The van der Waals surface area contributed by atoms with E-state index in [1.165, 1.54) is 0 Å². The number of ether oxygens (including phenoxy) is 4. The van der Waals surface area contributed by atoms with Gasteiger partial charge in [0.05, 0.1) is 39.6 Å². The van der Waals surface area contributed by atoms with E-state index in [-0.39, 0.29) is 5.97 Å². The van der Waals surface area contributed by atoms with Crippen LogP contribution in [0.5, 0.6) is 0 Å². The molecule has 0 aliphatic carbocycles. The van der Waals surface area contributed by atoms with Crippen molar-refractivity contribution in [1.82, 2.24) is 0 Å². The van der Waals surface area contributed by atoms with E-state index in [4.69, 9.17) is 18.9 Å². The maximum absolute atomic E-state index is 11.3. The molecule has 1 rings (SSSR count). The third-order valence-electron chi connectivity index (χ3n) is 2.70. The summed E-state index contributed by atoms with van der Waals surface area (Å²) < 4.78 is 21.0. The van der Waals surface area contributed by atoms with E-state index in [1.807, 2.05) is 30.3 Å². The van der Waals surface area contributed by atoms with Gasteiger partial charge in [-0.25, -0.2) is 4.79 Å². The molecule has 0 heterocycles. The van der Waals surface area contributed by atoms with Crippen molar-refractivity contribution in [2.75, 3.05) is 33.0 Å². The van der Waals surface area contributed by atoms with E-state index in [0.29, 0.717) is 39.6 Å². The molecule has 0 fully saturated rings. The summed E-state index contributed by atoms with van der Waals surface area (Å²) in [6.45, 7) is 6.20. The summed E-state index contributed by atoms with van der Waals surface area (Å²) >= 11 is 0. The van der Waals surface area contributed by atoms with Gasteiger partial charge in [-0.1, -0.05) is 30.3 Å². The number of carbonyl (C=O) groups is 1. The van der Waals surface area contributed by atoms with Crippen LogP contribution >= 0.6 is 0 Å². The van der Waals surface area contributed by atoms with Crippen molar-refractivity contribution in [1.29, 1.82) is 0 Å². The molecule has 1 aromatic rings. The molecule has 1 aromatic carbocycles. The molecular formula is C16H24O5. The molecule has 0 unspecified atom stereocenters. The molecule has 0 aromatic heterocycles. The van der Waals surface area contributed by atoms with Gasteiger partial charge in [0.1, 0.15) is 0 Å². The number of carbonyl (C=O) groups excluding carboxylic acids is 1. The van der Waals surface area contributed by atoms with E-state index < -0.39 is 6.10 Å². The molecule has 0 bridgehead atoms. The van der Waals surface area contributed by atoms with E-state index >= 15 is 0 Å². The average Bonchev–Trinajstić information content (AvgIpc) is 2.51. The van der Waals surface area contributed by atoms with E-state index in [1.54, 1.807) is 13.8 Å². The first-order chi connectivity index (χ1) is 10.2. The summed E-state index contributed by atoms with van der Waals surface area (Å²) in [7, 11) is 0. The fraction of sp³-hybridized carbons (Fsp3) is 0.562. The molecule has 0 spiro atoms. The first-order valence-electron chi connectivity index (χ1n) is 7.21. The maximum Gasteiger partial charge on any atom is 0.334 e. The van der Waals surface area contributed by atoms with Gasteiger partial charge in [-0.15, -0.1) is 0 Å². The lowest BCUT2D eigenvalue weighted by molar-refractivity contribution is -0.156. The Morgan fingerprint density at radius 2 is 1.71 bits per heavy atom. The molecule has 0 saturated heterocycles. The summed E-state index contributed by atoms with van der Waals surface area (Å²) in [6, 6.07) is 9.98. The van der Waals surface area contributed by atoms with Gasteiger partial charge in [-0.3, -0.25) is 0 Å². The third kappa shape index (κ3) is 8.45. The van der Waals surface area contributed by atoms with Gasteiger partial charge in [0, 0.05) is 0 Å². The van der Waals surface area contributed by atoms with Crippen molar-refractivity contribution in [2.45, 2.75) is 26.6 Å². The smallest absolute Gasteiger partial charge is 0.334 e. The SMILES string of the molecule is CCOC(=O)[C@H](C)OCCOCCOCc1ccccc1. The number of esters is 1. The molecule has 0 aliphatic rings. The fourth-order valence-corrected chi connectivity index (χ4v) is 1.60. The van der Waals surface area contributed by atoms with Crippen LogP contribution in [0, 0.1) is 0 Å². The van der Waals surface area contributed by atoms with Crippen LogP contribution < -0.4 is 0 Å². The van der Waals surface area contributed by atoms with Gasteiger partial charge >= 0.3 is 5.97 Å². The van der Waals surface area contributed by atoms with E-state index in [9.17, 15) is 4.79 Å². The van der Waals surface area contributed by atoms with Crippen LogP contribution in [0.15, 0.2) is 30.3 Å². The van der Waals surface area contributed by atoms with Crippen molar-refractivity contribution in [3.8, 4) is 0 Å². The fourth-order valence-electron chi connectivity index (χ4n) is 1.60. The molecule has 0 N–H and O–H groups in total. The Balaban J connectivity index is 1.92. The molecule has 0 saturated carbocycles. The van der Waals surface area contributed by atoms with Crippen molar-refractivity contribution < 1.29 is 23.7 Å². The number of hydrogen-bond acceptors (Lipinski definition) is 5. The molecular weight excluding hydrogens is 272 g/mol. The summed E-state index contributed by atoms with van der Waals surface area (Å²) in [4.78, 5) is 11.3. The minimum absolute atomic E-state index is 0.344. The lowest BCUT2D eigenvalue weighted by atomic mass is 10.2. The Bertz CT molecular complexity index is 380. The summed E-state index contributed by atoms with van der Waals surface area (Å²) in [6.07, 6.45) is -0.553. The van der Waals surface area contributed by atoms with Crippen LogP contribution in [0.2, 0.25) is 0 Å². The molecule has 0 amide bonds. The molecule has 5 nitrogen and oxygen atoms in total. The molecule has 0 aliphatic heterocycles. The maximum atomic E-state index is 11.3. The van der Waals surface area contributed by atoms with E-state index in [2.05, 4.69) is 0 Å². The Morgan fingerprint density at radius 3 is 2.43 bits per heavy atom. The normalized spacial score (nSPS) is 12.1. The predicted octanol–water partition coefficient (Wildman–Crippen LogP) is 2.19. The third-order valence-corrected chi connectivity index (χ3v) is 2.70. The second-order valence-corrected chi connectivity index (χ2v) is 4.42. The number of rotatable bonds is 11. The lowest BCUT2D eigenvalue weighted by Gasteiger charge is -2.12. The second-order valence-electron chi connectivity index (χ2n) is 4.42. The van der Waals surface area contributed by atoms with Crippen LogP contribution in [0.4, 0.5) is 0 Å². The zero-order chi connectivity index (χ0) is 15.3. The summed E-state index contributed by atoms with van der Waals surface area (Å²) in [5.41, 5.74) is 1.14. The van der Waals surface area contributed by atoms with Gasteiger partial charge in [-0.05, 0) is 19.4 Å². The van der Waals surface area contributed by atoms with Gasteiger partial charge in [0.2, 0.25) is 0 Å². The van der Waals surface area contributed by atoms with Crippen LogP contribution in [-0.2, 0) is 30.3 Å². The van der Waals surface area contributed by atoms with Crippen LogP contribution in [0.1, 0.15) is 19.4 Å². The van der Waals surface area contributed by atoms with Crippen molar-refractivity contribution in [3.05, 3.63) is 35.9 Å². The minimum atomic E-state index is -0.553. The average molecular weight is 296 g/mol. The Morgan fingerprint density at radius 1 is 1.05 bits per heavy atom. The molecule has 0 radical (unpaired) electrons. The first-order valence-corrected chi connectivity index (χ1v) is 7.21. The summed E-state index contributed by atoms with van der Waals surface area (Å²) in [5.74, 6) is -0.344. The van der Waals surface area contributed by atoms with Gasteiger partial charge in [0.25, 0.3) is 0 Å². The quantitative estimate of drug-likeness (QED) is 0.463. The van der Waals surface area contributed by atoms with Crippen molar-refractivity contribution >= 4 is 5.97 Å². The zero-order valence-electron chi connectivity index (χ0n) is 12.7. The minimum Gasteiger partial charge on any atom is -0.464 e. The summed E-state index contributed by atoms with van der Waals surface area (Å²) in [5, 5.41) is 0. The van der Waals surface area contributed by atoms with Gasteiger partial charge in [-0.2, -0.15) is 0 Å². The first kappa shape index (κ1) is 17.6. The highest BCUT2D eigenvalue weighted by molar-refractivity contribution is 5.74. The van der Waals surface area contributed by atoms with Crippen LogP contribution in [0.25, 0.3) is 0 Å². The Kier molecular flexibility index (Phi) is 9.44. The monoisotopic (exact) mass is 296 g/mol. The number of hydrogen-bond donors (Lipinski definition) is 0. The topological polar surface area (TPSA) is 54.0 Å². The molecule has 118 valence electrons. The van der Waals surface area contributed by atoms with Crippen LogP contribution in [-0.4, -0.2) is 45.1 Å². The van der Waals surface area contributed by atoms with Crippen LogP contribution in [0.3, 0.4) is 0 Å². The molecule has 1 atom stereocenters.